The summed E-state index contributed by atoms with van der Waals surface area (Å²) in [6.07, 6.45) is 1.79. The van der Waals surface area contributed by atoms with Crippen LogP contribution in [-0.2, 0) is 21.4 Å². The smallest absolute Gasteiger partial charge is 0.222 e. The van der Waals surface area contributed by atoms with Gasteiger partial charge in [0.2, 0.25) is 5.91 Å². The zero-order chi connectivity index (χ0) is 29.4. The molecule has 38 heavy (non-hydrogen) atoms. The standard InChI is InChI=1S/C20H22ClNO2.C10H21NO.C2H6/c1-11-8-13(6-7-15(11)21)16-9-14(20(3,4)5)19-17(22-16)10-18(24-19)12(2)23;1-6-7-11(5)9(12)8-10(2,3)4;1-2/h6-9,18H,10H2,1-5H3;6-8H2,1-5H3;1-2H3. The molecule has 0 saturated heterocycles. The Labute approximate surface area is 236 Å². The highest BCUT2D eigenvalue weighted by Crippen LogP contribution is 2.41. The van der Waals surface area contributed by atoms with Gasteiger partial charge < -0.3 is 9.64 Å². The Kier molecular flexibility index (Phi) is 12.5. The molecule has 0 fully saturated rings. The van der Waals surface area contributed by atoms with E-state index in [2.05, 4.69) is 54.5 Å². The largest absolute Gasteiger partial charge is 0.480 e. The molecule has 0 aliphatic carbocycles. The monoisotopic (exact) mass is 544 g/mol. The van der Waals surface area contributed by atoms with Crippen molar-refractivity contribution in [2.45, 2.75) is 107 Å². The normalized spacial score (nSPS) is 14.3. The molecule has 1 aliphatic heterocycles. The predicted molar refractivity (Wildman–Crippen MR) is 160 cm³/mol. The third-order valence-corrected chi connectivity index (χ3v) is 6.49. The summed E-state index contributed by atoms with van der Waals surface area (Å²) in [5.41, 5.74) is 4.90. The van der Waals surface area contributed by atoms with Gasteiger partial charge in [-0.25, -0.2) is 4.98 Å². The van der Waals surface area contributed by atoms with E-state index >= 15 is 0 Å². The molecule has 0 bridgehead atoms. The summed E-state index contributed by atoms with van der Waals surface area (Å²) in [5.74, 6) is 1.07. The molecule has 212 valence electrons. The van der Waals surface area contributed by atoms with E-state index in [1.807, 2.05) is 50.9 Å². The first kappa shape index (κ1) is 33.6. The molecule has 1 unspecified atom stereocenters. The fourth-order valence-corrected chi connectivity index (χ4v) is 4.12. The number of aryl methyl sites for hydroxylation is 1. The van der Waals surface area contributed by atoms with Crippen molar-refractivity contribution in [1.29, 1.82) is 0 Å². The number of aromatic nitrogens is 1. The maximum absolute atomic E-state index is 11.7. The Morgan fingerprint density at radius 3 is 2.18 bits per heavy atom. The first-order valence-electron chi connectivity index (χ1n) is 13.8. The summed E-state index contributed by atoms with van der Waals surface area (Å²) in [5, 5.41) is 0.746. The molecule has 1 atom stereocenters. The molecular weight excluding hydrogens is 496 g/mol. The summed E-state index contributed by atoms with van der Waals surface area (Å²) in [6, 6.07) is 7.99. The van der Waals surface area contributed by atoms with Gasteiger partial charge in [-0.2, -0.15) is 0 Å². The minimum Gasteiger partial charge on any atom is -0.480 e. The number of amides is 1. The summed E-state index contributed by atoms with van der Waals surface area (Å²) < 4.78 is 5.93. The maximum atomic E-state index is 11.7. The molecule has 1 aromatic heterocycles. The summed E-state index contributed by atoms with van der Waals surface area (Å²) in [4.78, 5) is 29.8. The number of hydrogen-bond donors (Lipinski definition) is 0. The highest BCUT2D eigenvalue weighted by Gasteiger charge is 2.33. The second-order valence-corrected chi connectivity index (χ2v) is 12.4. The Bertz CT molecular complexity index is 1100. The minimum atomic E-state index is -0.421. The Balaban J connectivity index is 0.000000439. The van der Waals surface area contributed by atoms with Crippen LogP contribution in [-0.4, -0.2) is 41.3 Å². The van der Waals surface area contributed by atoms with Gasteiger partial charge >= 0.3 is 0 Å². The lowest BCUT2D eigenvalue weighted by molar-refractivity contribution is -0.131. The van der Waals surface area contributed by atoms with Gasteiger partial charge in [-0.05, 0) is 54.9 Å². The van der Waals surface area contributed by atoms with E-state index in [1.165, 1.54) is 0 Å². The van der Waals surface area contributed by atoms with Crippen molar-refractivity contribution in [3.8, 4) is 17.0 Å². The first-order valence-corrected chi connectivity index (χ1v) is 14.1. The van der Waals surface area contributed by atoms with E-state index in [9.17, 15) is 9.59 Å². The van der Waals surface area contributed by atoms with Crippen molar-refractivity contribution in [3.63, 3.8) is 0 Å². The van der Waals surface area contributed by atoms with Crippen LogP contribution in [0.1, 0.15) is 98.9 Å². The van der Waals surface area contributed by atoms with Gasteiger partial charge in [-0.3, -0.25) is 9.59 Å². The summed E-state index contributed by atoms with van der Waals surface area (Å²) in [7, 11) is 1.87. The Morgan fingerprint density at radius 2 is 1.71 bits per heavy atom. The van der Waals surface area contributed by atoms with Crippen LogP contribution in [0.5, 0.6) is 5.75 Å². The van der Waals surface area contributed by atoms with Crippen molar-refractivity contribution in [1.82, 2.24) is 9.88 Å². The predicted octanol–water partition coefficient (Wildman–Crippen LogP) is 8.22. The maximum Gasteiger partial charge on any atom is 0.222 e. The highest BCUT2D eigenvalue weighted by atomic mass is 35.5. The van der Waals surface area contributed by atoms with E-state index in [0.29, 0.717) is 12.8 Å². The number of carbonyl (C=O) groups is 2. The van der Waals surface area contributed by atoms with Gasteiger partial charge in [0.1, 0.15) is 5.75 Å². The van der Waals surface area contributed by atoms with Crippen LogP contribution in [0.3, 0.4) is 0 Å². The van der Waals surface area contributed by atoms with Gasteiger partial charge in [0, 0.05) is 42.6 Å². The minimum absolute atomic E-state index is 0.0387. The molecule has 1 aliphatic rings. The molecular formula is C32H49ClN2O3. The van der Waals surface area contributed by atoms with E-state index < -0.39 is 6.10 Å². The van der Waals surface area contributed by atoms with E-state index in [4.69, 9.17) is 21.3 Å². The Hall–Kier alpha value is -2.40. The van der Waals surface area contributed by atoms with Crippen molar-refractivity contribution in [3.05, 3.63) is 46.1 Å². The summed E-state index contributed by atoms with van der Waals surface area (Å²) in [6.45, 7) is 23.2. The molecule has 6 heteroatoms. The SMILES string of the molecule is CC.CC(=O)C1Cc2nc(-c3ccc(Cl)c(C)c3)cc(C(C)(C)C)c2O1.CCCN(C)C(=O)CC(C)(C)C. The van der Waals surface area contributed by atoms with Crippen molar-refractivity contribution >= 4 is 23.3 Å². The van der Waals surface area contributed by atoms with Crippen LogP contribution in [0, 0.1) is 12.3 Å². The van der Waals surface area contributed by atoms with Crippen LogP contribution < -0.4 is 4.74 Å². The number of Topliss-reactive ketones (excluding diaryl/α,β-unsaturated/α-hetero) is 1. The lowest BCUT2D eigenvalue weighted by Gasteiger charge is -2.23. The molecule has 1 amide bonds. The van der Waals surface area contributed by atoms with Gasteiger partial charge in [-0.15, -0.1) is 0 Å². The summed E-state index contributed by atoms with van der Waals surface area (Å²) >= 11 is 6.14. The Morgan fingerprint density at radius 1 is 1.11 bits per heavy atom. The lowest BCUT2D eigenvalue weighted by Crippen LogP contribution is -2.30. The molecule has 2 aromatic rings. The van der Waals surface area contributed by atoms with Crippen LogP contribution in [0.15, 0.2) is 24.3 Å². The van der Waals surface area contributed by atoms with E-state index in [-0.39, 0.29) is 22.5 Å². The second-order valence-electron chi connectivity index (χ2n) is 12.0. The topological polar surface area (TPSA) is 59.5 Å². The quantitative estimate of drug-likeness (QED) is 0.380. The fourth-order valence-electron chi connectivity index (χ4n) is 4.00. The molecule has 0 saturated carbocycles. The first-order chi connectivity index (χ1) is 17.5. The average Bonchev–Trinajstić information content (AvgIpc) is 3.25. The van der Waals surface area contributed by atoms with Crippen LogP contribution >= 0.6 is 11.6 Å². The highest BCUT2D eigenvalue weighted by molar-refractivity contribution is 6.31. The van der Waals surface area contributed by atoms with Gasteiger partial charge in [0.05, 0.1) is 11.4 Å². The van der Waals surface area contributed by atoms with Crippen molar-refractivity contribution < 1.29 is 14.3 Å². The molecule has 2 heterocycles. The van der Waals surface area contributed by atoms with Crippen molar-refractivity contribution in [2.75, 3.05) is 13.6 Å². The molecule has 0 spiro atoms. The van der Waals surface area contributed by atoms with Crippen LogP contribution in [0.4, 0.5) is 0 Å². The average molecular weight is 545 g/mol. The molecule has 0 radical (unpaired) electrons. The molecule has 0 N–H and O–H groups in total. The number of halogens is 1. The number of hydrogen-bond acceptors (Lipinski definition) is 4. The number of ether oxygens (including phenoxy) is 1. The van der Waals surface area contributed by atoms with Crippen LogP contribution in [0.2, 0.25) is 5.02 Å². The molecule has 5 nitrogen and oxygen atoms in total. The number of nitrogens with zero attached hydrogens (tertiary/aromatic N) is 2. The number of benzene rings is 1. The van der Waals surface area contributed by atoms with Gasteiger partial charge in [0.15, 0.2) is 11.9 Å². The third kappa shape index (κ3) is 9.72. The molecule has 3 rings (SSSR count). The van der Waals surface area contributed by atoms with Crippen molar-refractivity contribution in [2.24, 2.45) is 5.41 Å². The fraction of sp³-hybridized carbons (Fsp3) is 0.594. The van der Waals surface area contributed by atoms with Crippen LogP contribution in [0.25, 0.3) is 11.3 Å². The van der Waals surface area contributed by atoms with Gasteiger partial charge in [-0.1, -0.05) is 80.0 Å². The number of carbonyl (C=O) groups excluding carboxylic acids is 2. The number of fused-ring (bicyclic) bond motifs is 1. The molecule has 1 aromatic carbocycles. The van der Waals surface area contributed by atoms with E-state index in [1.54, 1.807) is 6.92 Å². The number of ketones is 1. The third-order valence-electron chi connectivity index (χ3n) is 6.06. The number of rotatable bonds is 5. The number of pyridine rings is 1. The zero-order valence-corrected chi connectivity index (χ0v) is 26.5. The lowest BCUT2D eigenvalue weighted by atomic mass is 9.85. The zero-order valence-electron chi connectivity index (χ0n) is 25.7. The van der Waals surface area contributed by atoms with E-state index in [0.717, 1.165) is 51.8 Å². The van der Waals surface area contributed by atoms with Gasteiger partial charge in [0.25, 0.3) is 0 Å². The second kappa shape index (κ2) is 14.1.